The number of hydrogen-bond acceptors (Lipinski definition) is 6. The number of fused-ring (bicyclic) bond motifs is 2. The zero-order valence-electron chi connectivity index (χ0n) is 25.0. The molecule has 9 nitrogen and oxygen atoms in total. The van der Waals surface area contributed by atoms with E-state index in [-0.39, 0.29) is 29.1 Å². The van der Waals surface area contributed by atoms with Crippen LogP contribution in [-0.2, 0) is 11.0 Å². The van der Waals surface area contributed by atoms with Crippen molar-refractivity contribution in [2.24, 2.45) is 0 Å². The Balaban J connectivity index is 1.33. The van der Waals surface area contributed by atoms with Gasteiger partial charge in [-0.15, -0.1) is 10.2 Å². The molecule has 0 fully saturated rings. The fourth-order valence-corrected chi connectivity index (χ4v) is 5.23. The van der Waals surface area contributed by atoms with Gasteiger partial charge in [0.15, 0.2) is 11.5 Å². The van der Waals surface area contributed by atoms with Crippen LogP contribution in [0.3, 0.4) is 0 Å². The van der Waals surface area contributed by atoms with Crippen molar-refractivity contribution >= 4 is 23.1 Å². The number of nitrogen functional groups attached to an aromatic ring is 1. The van der Waals surface area contributed by atoms with Gasteiger partial charge in [0.25, 0.3) is 0 Å². The van der Waals surface area contributed by atoms with Gasteiger partial charge >= 0.3 is 6.03 Å². The number of anilines is 2. The average molecular weight is 556 g/mol. The zero-order chi connectivity index (χ0) is 29.5. The molecule has 4 aromatic rings. The van der Waals surface area contributed by atoms with Gasteiger partial charge < -0.3 is 21.1 Å². The highest BCUT2D eigenvalue weighted by Gasteiger charge is 2.31. The molecule has 0 radical (unpaired) electrons. The summed E-state index contributed by atoms with van der Waals surface area (Å²) in [5.74, 6) is 1.59. The monoisotopic (exact) mass is 555 g/mol. The molecule has 0 saturated heterocycles. The number of nitrogens with two attached hydrogens (primary N) is 1. The second kappa shape index (κ2) is 10.7. The Hall–Kier alpha value is -4.11. The molecule has 2 aromatic carbocycles. The molecular formula is C32H41N7O2. The summed E-state index contributed by atoms with van der Waals surface area (Å²) in [6.45, 7) is 10.6. The van der Waals surface area contributed by atoms with E-state index in [0.717, 1.165) is 46.8 Å². The number of amides is 2. The molecule has 1 aliphatic carbocycles. The van der Waals surface area contributed by atoms with Crippen LogP contribution in [0.2, 0.25) is 0 Å². The number of pyridine rings is 1. The Morgan fingerprint density at radius 2 is 1.73 bits per heavy atom. The van der Waals surface area contributed by atoms with Crippen molar-refractivity contribution in [3.8, 4) is 5.75 Å². The van der Waals surface area contributed by atoms with Crippen LogP contribution >= 0.6 is 0 Å². The first kappa shape index (κ1) is 28.4. The largest absolute Gasteiger partial charge is 0.484 e. The van der Waals surface area contributed by atoms with E-state index < -0.39 is 0 Å². The summed E-state index contributed by atoms with van der Waals surface area (Å²) in [5.41, 5.74) is 11.0. The minimum Gasteiger partial charge on any atom is -0.484 e. The van der Waals surface area contributed by atoms with E-state index in [1.807, 2.05) is 61.1 Å². The third kappa shape index (κ3) is 5.86. The average Bonchev–Trinajstić information content (AvgIpc) is 3.33. The highest BCUT2D eigenvalue weighted by Crippen LogP contribution is 2.39. The van der Waals surface area contributed by atoms with E-state index in [2.05, 4.69) is 72.5 Å². The van der Waals surface area contributed by atoms with E-state index in [0.29, 0.717) is 11.4 Å². The number of rotatable bonds is 6. The first-order valence-electron chi connectivity index (χ1n) is 14.1. The highest BCUT2D eigenvalue weighted by molar-refractivity contribution is 5.90. The van der Waals surface area contributed by atoms with Gasteiger partial charge in [-0.2, -0.15) is 0 Å². The van der Waals surface area contributed by atoms with Gasteiger partial charge in [-0.1, -0.05) is 45.0 Å². The van der Waals surface area contributed by atoms with Gasteiger partial charge in [0.05, 0.1) is 17.8 Å². The lowest BCUT2D eigenvalue weighted by molar-refractivity contribution is 0.170. The van der Waals surface area contributed by atoms with Gasteiger partial charge in [-0.25, -0.2) is 4.79 Å². The fraction of sp³-hybridized carbons (Fsp3) is 0.406. The summed E-state index contributed by atoms with van der Waals surface area (Å²) in [4.78, 5) is 15.2. The predicted octanol–water partition coefficient (Wildman–Crippen LogP) is 6.18. The lowest BCUT2D eigenvalue weighted by atomic mass is 9.85. The summed E-state index contributed by atoms with van der Waals surface area (Å²) in [7, 11) is 4.06. The van der Waals surface area contributed by atoms with Crippen LogP contribution < -0.4 is 21.1 Å². The molecule has 9 heteroatoms. The second-order valence-corrected chi connectivity index (χ2v) is 12.6. The number of carbonyl (C=O) groups excluding carboxylic acids is 1. The predicted molar refractivity (Wildman–Crippen MR) is 163 cm³/mol. The van der Waals surface area contributed by atoms with Crippen LogP contribution in [-0.4, -0.2) is 39.6 Å². The van der Waals surface area contributed by atoms with Crippen molar-refractivity contribution in [1.29, 1.82) is 0 Å². The number of hydrogen-bond donors (Lipinski definition) is 3. The van der Waals surface area contributed by atoms with Gasteiger partial charge in [-0.3, -0.25) is 9.30 Å². The normalized spacial score (nSPS) is 17.4. The van der Waals surface area contributed by atoms with Gasteiger partial charge in [0.1, 0.15) is 11.9 Å². The van der Waals surface area contributed by atoms with Crippen molar-refractivity contribution in [3.05, 3.63) is 83.3 Å². The molecule has 0 aliphatic heterocycles. The van der Waals surface area contributed by atoms with Crippen molar-refractivity contribution < 1.29 is 9.53 Å². The Bertz CT molecular complexity index is 1570. The van der Waals surface area contributed by atoms with E-state index in [9.17, 15) is 4.79 Å². The van der Waals surface area contributed by atoms with Gasteiger partial charge in [-0.05, 0) is 93.2 Å². The Kier molecular flexibility index (Phi) is 7.42. The molecule has 0 unspecified atom stereocenters. The summed E-state index contributed by atoms with van der Waals surface area (Å²) in [5, 5.41) is 15.0. The topological polar surface area (TPSA) is 110 Å². The maximum absolute atomic E-state index is 13.1. The minimum atomic E-state index is -0.311. The standard InChI is InChI=1S/C32H41N7O2/c1-31(2,3)20-16-21(33)18-22(17-20)34-30(40)35-26-13-14-27(25-11-9-8-10-24(25)26)41-23-12-15-28-36-37-29(39(28)19-23)32(4,5)38(6)7/h8-12,15-19,26-27H,13-14,33H2,1-7H3,(H2,34,35,40)/t26-,27+/m0/s1. The van der Waals surface area contributed by atoms with E-state index in [1.54, 1.807) is 6.07 Å². The molecule has 2 amide bonds. The third-order valence-corrected chi connectivity index (χ3v) is 8.14. The summed E-state index contributed by atoms with van der Waals surface area (Å²) < 4.78 is 8.56. The van der Waals surface area contributed by atoms with E-state index in [4.69, 9.17) is 10.5 Å². The number of aromatic nitrogens is 3. The minimum absolute atomic E-state index is 0.0807. The number of benzene rings is 2. The molecular weight excluding hydrogens is 514 g/mol. The molecule has 0 bridgehead atoms. The molecule has 2 heterocycles. The lowest BCUT2D eigenvalue weighted by Gasteiger charge is -2.32. The number of carbonyl (C=O) groups is 1. The zero-order valence-corrected chi connectivity index (χ0v) is 25.0. The summed E-state index contributed by atoms with van der Waals surface area (Å²) in [6.07, 6.45) is 3.32. The van der Waals surface area contributed by atoms with Crippen LogP contribution in [0.25, 0.3) is 5.65 Å². The lowest BCUT2D eigenvalue weighted by Crippen LogP contribution is -2.37. The van der Waals surface area contributed by atoms with Crippen molar-refractivity contribution in [3.63, 3.8) is 0 Å². The van der Waals surface area contributed by atoms with Gasteiger partial charge in [0.2, 0.25) is 0 Å². The molecule has 0 saturated carbocycles. The Labute approximate surface area is 242 Å². The van der Waals surface area contributed by atoms with E-state index >= 15 is 0 Å². The van der Waals surface area contributed by atoms with Crippen molar-refractivity contribution in [2.45, 2.75) is 70.6 Å². The first-order chi connectivity index (χ1) is 19.3. The SMILES string of the molecule is CN(C)C(C)(C)c1nnc2ccc(O[C@@H]3CC[C@H](NC(=O)Nc4cc(N)cc(C(C)(C)C)c4)c4ccccc43)cn12. The molecule has 216 valence electrons. The van der Waals surface area contributed by atoms with Crippen LogP contribution in [0.1, 0.15) is 82.1 Å². The maximum Gasteiger partial charge on any atom is 0.319 e. The summed E-state index contributed by atoms with van der Waals surface area (Å²) >= 11 is 0. The van der Waals surface area contributed by atoms with Gasteiger partial charge in [0, 0.05) is 11.4 Å². The fourth-order valence-electron chi connectivity index (χ4n) is 5.23. The van der Waals surface area contributed by atoms with Crippen LogP contribution in [0, 0.1) is 0 Å². The van der Waals surface area contributed by atoms with E-state index in [1.165, 1.54) is 0 Å². The Morgan fingerprint density at radius 1 is 1.00 bits per heavy atom. The number of ether oxygens (including phenoxy) is 1. The first-order valence-corrected chi connectivity index (χ1v) is 14.1. The highest BCUT2D eigenvalue weighted by atomic mass is 16.5. The number of nitrogens with one attached hydrogen (secondary N) is 2. The third-order valence-electron chi connectivity index (χ3n) is 8.14. The number of urea groups is 1. The molecule has 41 heavy (non-hydrogen) atoms. The van der Waals surface area contributed by atoms with Crippen LogP contribution in [0.4, 0.5) is 16.2 Å². The summed E-state index contributed by atoms with van der Waals surface area (Å²) in [6, 6.07) is 17.3. The smallest absolute Gasteiger partial charge is 0.319 e. The molecule has 1 aliphatic rings. The van der Waals surface area contributed by atoms with Crippen molar-refractivity contribution in [2.75, 3.05) is 25.1 Å². The van der Waals surface area contributed by atoms with Crippen LogP contribution in [0.15, 0.2) is 60.8 Å². The molecule has 2 aromatic heterocycles. The van der Waals surface area contributed by atoms with Crippen LogP contribution in [0.5, 0.6) is 5.75 Å². The quantitative estimate of drug-likeness (QED) is 0.245. The molecule has 2 atom stereocenters. The maximum atomic E-state index is 13.1. The second-order valence-electron chi connectivity index (χ2n) is 12.6. The molecule has 4 N–H and O–H groups in total. The molecule has 0 spiro atoms. The number of nitrogens with zero attached hydrogens (tertiary/aromatic N) is 4. The molecule has 5 rings (SSSR count). The van der Waals surface area contributed by atoms with Crippen molar-refractivity contribution in [1.82, 2.24) is 24.8 Å². The Morgan fingerprint density at radius 3 is 2.44 bits per heavy atom.